The van der Waals surface area contributed by atoms with E-state index in [1.165, 1.54) is 0 Å². The number of hydrogen-bond acceptors (Lipinski definition) is 6. The van der Waals surface area contributed by atoms with Crippen LogP contribution in [0.3, 0.4) is 0 Å². The van der Waals surface area contributed by atoms with Gasteiger partial charge in [0, 0.05) is 26.2 Å². The maximum absolute atomic E-state index is 5.85. The smallest absolute Gasteiger partial charge is 0.258 e. The van der Waals surface area contributed by atoms with Gasteiger partial charge in [0.1, 0.15) is 12.4 Å². The first kappa shape index (κ1) is 19.3. The van der Waals surface area contributed by atoms with Crippen molar-refractivity contribution in [3.63, 3.8) is 0 Å². The fourth-order valence-corrected chi connectivity index (χ4v) is 2.45. The highest BCUT2D eigenvalue weighted by atomic mass is 79.9. The Balaban J connectivity index is 2.05. The van der Waals surface area contributed by atoms with E-state index in [1.54, 1.807) is 27.4 Å². The Morgan fingerprint density at radius 1 is 0.920 bits per heavy atom. The summed E-state index contributed by atoms with van der Waals surface area (Å²) < 4.78 is 27.6. The Hall–Kier alpha value is -1.99. The third kappa shape index (κ3) is 5.79. The van der Waals surface area contributed by atoms with Crippen molar-refractivity contribution in [2.24, 2.45) is 0 Å². The molecule has 2 rings (SSSR count). The van der Waals surface area contributed by atoms with Crippen LogP contribution in [0.1, 0.15) is 12.0 Å². The lowest BCUT2D eigenvalue weighted by Gasteiger charge is -2.14. The zero-order valence-corrected chi connectivity index (χ0v) is 16.2. The van der Waals surface area contributed by atoms with Gasteiger partial charge in [0.05, 0.1) is 20.8 Å². The molecule has 0 aliphatic rings. The summed E-state index contributed by atoms with van der Waals surface area (Å²) >= 11 is 3.40. The number of methoxy groups -OCH3 is 3. The first-order valence-electron chi connectivity index (χ1n) is 7.80. The predicted octanol–water partition coefficient (Wildman–Crippen LogP) is 3.86. The molecule has 1 heterocycles. The molecule has 1 aromatic carbocycles. The molecule has 6 nitrogen and oxygen atoms in total. The highest BCUT2D eigenvalue weighted by Crippen LogP contribution is 2.35. The summed E-state index contributed by atoms with van der Waals surface area (Å²) in [6.45, 7) is 1.54. The lowest BCUT2D eigenvalue weighted by Crippen LogP contribution is -2.05. The van der Waals surface area contributed by atoms with Gasteiger partial charge in [-0.15, -0.1) is 0 Å². The van der Waals surface area contributed by atoms with Crippen molar-refractivity contribution < 1.29 is 23.7 Å². The van der Waals surface area contributed by atoms with E-state index in [0.717, 1.165) is 17.7 Å². The van der Waals surface area contributed by atoms with Gasteiger partial charge in [-0.3, -0.25) is 0 Å². The van der Waals surface area contributed by atoms with Crippen molar-refractivity contribution in [3.8, 4) is 23.1 Å². The van der Waals surface area contributed by atoms with Crippen molar-refractivity contribution in [2.45, 2.75) is 13.0 Å². The molecule has 7 heteroatoms. The molecule has 0 saturated heterocycles. The average molecular weight is 412 g/mol. The molecule has 0 atom stereocenters. The molecule has 0 aliphatic heterocycles. The van der Waals surface area contributed by atoms with Crippen LogP contribution in [0.25, 0.3) is 0 Å². The van der Waals surface area contributed by atoms with Gasteiger partial charge in [0.2, 0.25) is 0 Å². The van der Waals surface area contributed by atoms with E-state index >= 15 is 0 Å². The zero-order valence-electron chi connectivity index (χ0n) is 14.6. The Morgan fingerprint density at radius 3 is 2.32 bits per heavy atom. The van der Waals surface area contributed by atoms with Crippen LogP contribution in [0.5, 0.6) is 23.1 Å². The number of nitrogens with zero attached hydrogens (tertiary/aromatic N) is 1. The van der Waals surface area contributed by atoms with Crippen LogP contribution < -0.4 is 18.9 Å². The lowest BCUT2D eigenvalue weighted by atomic mass is 10.2. The van der Waals surface area contributed by atoms with Gasteiger partial charge in [0.25, 0.3) is 5.88 Å². The number of pyridine rings is 1. The predicted molar refractivity (Wildman–Crippen MR) is 97.8 cm³/mol. The third-order valence-electron chi connectivity index (χ3n) is 3.37. The lowest BCUT2D eigenvalue weighted by molar-refractivity contribution is 0.170. The summed E-state index contributed by atoms with van der Waals surface area (Å²) in [6, 6.07) is 9.46. The van der Waals surface area contributed by atoms with Crippen LogP contribution in [-0.4, -0.2) is 39.5 Å². The monoisotopic (exact) mass is 411 g/mol. The molecular weight excluding hydrogens is 390 g/mol. The number of halogens is 1. The van der Waals surface area contributed by atoms with Gasteiger partial charge in [-0.25, -0.2) is 0 Å². The first-order chi connectivity index (χ1) is 12.2. The molecular formula is C18H22BrNO5. The third-order valence-corrected chi connectivity index (χ3v) is 3.94. The van der Waals surface area contributed by atoms with E-state index in [9.17, 15) is 0 Å². The highest BCUT2D eigenvalue weighted by Gasteiger charge is 2.13. The normalized spacial score (nSPS) is 10.4. The van der Waals surface area contributed by atoms with E-state index in [-0.39, 0.29) is 0 Å². The highest BCUT2D eigenvalue weighted by molar-refractivity contribution is 9.10. The van der Waals surface area contributed by atoms with Crippen LogP contribution in [0.4, 0.5) is 0 Å². The Bertz CT molecular complexity index is 663. The fourth-order valence-electron chi connectivity index (χ4n) is 2.06. The summed E-state index contributed by atoms with van der Waals surface area (Å²) in [4.78, 5) is 4.32. The summed E-state index contributed by atoms with van der Waals surface area (Å²) in [6.07, 6.45) is 0.776. The van der Waals surface area contributed by atoms with E-state index in [0.29, 0.717) is 41.8 Å². The minimum absolute atomic E-state index is 0.402. The molecule has 0 saturated carbocycles. The minimum Gasteiger partial charge on any atom is -0.497 e. The first-order valence-corrected chi connectivity index (χ1v) is 8.59. The summed E-state index contributed by atoms with van der Waals surface area (Å²) in [5.74, 6) is 2.33. The molecule has 2 aromatic rings. The molecule has 0 N–H and O–H groups in total. The van der Waals surface area contributed by atoms with Crippen molar-refractivity contribution in [3.05, 3.63) is 40.5 Å². The largest absolute Gasteiger partial charge is 0.497 e. The SMILES string of the molecule is COCCCOc1cc(OCc2ccc(OC)cc2)c(Br)nc1OC. The van der Waals surface area contributed by atoms with Gasteiger partial charge >= 0.3 is 0 Å². The number of hydrogen-bond donors (Lipinski definition) is 0. The molecule has 0 unspecified atom stereocenters. The molecule has 0 amide bonds. The van der Waals surface area contributed by atoms with E-state index < -0.39 is 0 Å². The standard InChI is InChI=1S/C18H22BrNO5/c1-21-9-4-10-24-16-11-15(17(19)20-18(16)23-3)25-12-13-5-7-14(22-2)8-6-13/h5-8,11H,4,9-10,12H2,1-3H3. The van der Waals surface area contributed by atoms with Crippen molar-refractivity contribution in [1.29, 1.82) is 0 Å². The van der Waals surface area contributed by atoms with Crippen LogP contribution in [0.15, 0.2) is 34.9 Å². The summed E-state index contributed by atoms with van der Waals surface area (Å²) in [5.41, 5.74) is 1.02. The second-order valence-electron chi connectivity index (χ2n) is 5.12. The number of rotatable bonds is 10. The van der Waals surface area contributed by atoms with E-state index in [2.05, 4.69) is 20.9 Å². The molecule has 0 aliphatic carbocycles. The molecule has 0 radical (unpaired) electrons. The van der Waals surface area contributed by atoms with E-state index in [1.807, 2.05) is 24.3 Å². The summed E-state index contributed by atoms with van der Waals surface area (Å²) in [5, 5.41) is 0. The van der Waals surface area contributed by atoms with Gasteiger partial charge in [-0.2, -0.15) is 4.98 Å². The van der Waals surface area contributed by atoms with Gasteiger partial charge in [-0.05, 0) is 33.6 Å². The molecule has 136 valence electrons. The van der Waals surface area contributed by atoms with Crippen LogP contribution in [-0.2, 0) is 11.3 Å². The average Bonchev–Trinajstić information content (AvgIpc) is 2.65. The second kappa shape index (κ2) is 10.1. The number of benzene rings is 1. The van der Waals surface area contributed by atoms with Crippen molar-refractivity contribution >= 4 is 15.9 Å². The topological polar surface area (TPSA) is 59.0 Å². The molecule has 1 aromatic heterocycles. The zero-order chi connectivity index (χ0) is 18.1. The van der Waals surface area contributed by atoms with Gasteiger partial charge < -0.3 is 23.7 Å². The maximum atomic E-state index is 5.85. The van der Waals surface area contributed by atoms with Gasteiger partial charge in [0.15, 0.2) is 16.1 Å². The molecule has 0 spiro atoms. The molecule has 25 heavy (non-hydrogen) atoms. The molecule has 0 bridgehead atoms. The van der Waals surface area contributed by atoms with Crippen LogP contribution in [0, 0.1) is 0 Å². The Morgan fingerprint density at radius 2 is 1.68 bits per heavy atom. The number of aromatic nitrogens is 1. The van der Waals surface area contributed by atoms with Crippen molar-refractivity contribution in [2.75, 3.05) is 34.5 Å². The number of ether oxygens (including phenoxy) is 5. The Kier molecular flexibility index (Phi) is 7.81. The quantitative estimate of drug-likeness (QED) is 0.437. The molecule has 0 fully saturated rings. The van der Waals surface area contributed by atoms with Crippen LogP contribution >= 0.6 is 15.9 Å². The fraction of sp³-hybridized carbons (Fsp3) is 0.389. The van der Waals surface area contributed by atoms with Gasteiger partial charge in [-0.1, -0.05) is 12.1 Å². The second-order valence-corrected chi connectivity index (χ2v) is 5.87. The Labute approximate surface area is 156 Å². The summed E-state index contributed by atoms with van der Waals surface area (Å²) in [7, 11) is 4.85. The van der Waals surface area contributed by atoms with Crippen molar-refractivity contribution in [1.82, 2.24) is 4.98 Å². The minimum atomic E-state index is 0.402. The van der Waals surface area contributed by atoms with E-state index in [4.69, 9.17) is 23.7 Å². The van der Waals surface area contributed by atoms with Crippen LogP contribution in [0.2, 0.25) is 0 Å². The maximum Gasteiger partial charge on any atom is 0.258 e.